The van der Waals surface area contributed by atoms with E-state index in [4.69, 9.17) is 5.11 Å². The second-order valence-electron chi connectivity index (χ2n) is 5.41. The molecule has 0 amide bonds. The summed E-state index contributed by atoms with van der Waals surface area (Å²) in [4.78, 5) is 10.1. The zero-order chi connectivity index (χ0) is 14.9. The van der Waals surface area contributed by atoms with Crippen molar-refractivity contribution in [2.24, 2.45) is 0 Å². The van der Waals surface area contributed by atoms with Gasteiger partial charge in [-0.2, -0.15) is 0 Å². The lowest BCUT2D eigenvalue weighted by molar-refractivity contribution is -0.131. The first-order valence-electron chi connectivity index (χ1n) is 8.31. The molecule has 1 aliphatic rings. The Labute approximate surface area is 125 Å². The normalized spacial score (nSPS) is 13.4. The summed E-state index contributed by atoms with van der Waals surface area (Å²) >= 11 is 0. The second-order valence-corrected chi connectivity index (χ2v) is 5.41. The molecule has 0 aromatic heterocycles. The van der Waals surface area contributed by atoms with Crippen molar-refractivity contribution in [3.05, 3.63) is 24.3 Å². The molecule has 2 nitrogen and oxygen atoms in total. The van der Waals surface area contributed by atoms with E-state index in [9.17, 15) is 4.79 Å². The Kier molecular flexibility index (Phi) is 15.2. The molecule has 0 fully saturated rings. The zero-order valence-electron chi connectivity index (χ0n) is 13.2. The number of carbonyl (C=O) groups is 1. The molecular formula is C18H32O2. The molecule has 0 aromatic rings. The lowest BCUT2D eigenvalue weighted by Gasteiger charge is -1.99. The Morgan fingerprint density at radius 1 is 1.00 bits per heavy atom. The van der Waals surface area contributed by atoms with Gasteiger partial charge >= 0.3 is 5.97 Å². The maximum absolute atomic E-state index is 10.1. The van der Waals surface area contributed by atoms with Gasteiger partial charge in [-0.15, -0.1) is 0 Å². The van der Waals surface area contributed by atoms with Crippen LogP contribution in [0.2, 0.25) is 0 Å². The first-order chi connectivity index (χ1) is 9.77. The van der Waals surface area contributed by atoms with Gasteiger partial charge in [0.05, 0.1) is 0 Å². The van der Waals surface area contributed by atoms with Crippen LogP contribution >= 0.6 is 0 Å². The number of hydrogen-bond acceptors (Lipinski definition) is 1. The fraction of sp³-hybridized carbons (Fsp3) is 0.722. The average Bonchev–Trinajstić information content (AvgIpc) is 3.00. The Bertz CT molecular complexity index is 261. The van der Waals surface area contributed by atoms with Crippen LogP contribution in [-0.2, 0) is 4.79 Å². The summed E-state index contributed by atoms with van der Waals surface area (Å²) in [5.74, 6) is -0.838. The number of unbranched alkanes of at least 4 members (excludes halogenated alkanes) is 8. The van der Waals surface area contributed by atoms with E-state index in [2.05, 4.69) is 19.1 Å². The smallest absolute Gasteiger partial charge is 0.327 e. The zero-order valence-corrected chi connectivity index (χ0v) is 13.2. The van der Waals surface area contributed by atoms with Crippen molar-refractivity contribution in [2.75, 3.05) is 0 Å². The Balaban J connectivity index is 0.000000595. The second kappa shape index (κ2) is 16.0. The highest BCUT2D eigenvalue weighted by Gasteiger charge is 1.91. The molecule has 2 heteroatoms. The van der Waals surface area contributed by atoms with Crippen LogP contribution < -0.4 is 0 Å². The summed E-state index contributed by atoms with van der Waals surface area (Å²) in [5, 5.41) is 8.35. The highest BCUT2D eigenvalue weighted by Crippen LogP contribution is 2.09. The van der Waals surface area contributed by atoms with Crippen molar-refractivity contribution in [2.45, 2.75) is 84.0 Å². The van der Waals surface area contributed by atoms with Gasteiger partial charge in [0.25, 0.3) is 0 Å². The summed E-state index contributed by atoms with van der Waals surface area (Å²) in [7, 11) is 0. The van der Waals surface area contributed by atoms with E-state index in [1.807, 2.05) is 0 Å². The molecule has 0 spiro atoms. The number of rotatable bonds is 10. The molecule has 1 aliphatic carbocycles. The fourth-order valence-corrected chi connectivity index (χ4v) is 2.17. The largest absolute Gasteiger partial charge is 0.478 e. The molecule has 0 atom stereocenters. The van der Waals surface area contributed by atoms with Gasteiger partial charge in [-0.1, -0.05) is 70.1 Å². The van der Waals surface area contributed by atoms with E-state index < -0.39 is 5.97 Å². The molecule has 20 heavy (non-hydrogen) atoms. The first-order valence-corrected chi connectivity index (χ1v) is 8.31. The molecule has 0 unspecified atom stereocenters. The lowest BCUT2D eigenvalue weighted by Crippen LogP contribution is -1.85. The van der Waals surface area contributed by atoms with E-state index in [-0.39, 0.29) is 0 Å². The Morgan fingerprint density at radius 2 is 1.55 bits per heavy atom. The summed E-state index contributed by atoms with van der Waals surface area (Å²) in [6.45, 7) is 2.23. The quantitative estimate of drug-likeness (QED) is 0.308. The van der Waals surface area contributed by atoms with Gasteiger partial charge in [0.1, 0.15) is 0 Å². The number of allylic oxidation sites excluding steroid dienone is 3. The highest BCUT2D eigenvalue weighted by molar-refractivity contribution is 5.79. The van der Waals surface area contributed by atoms with Crippen LogP contribution in [-0.4, -0.2) is 11.1 Å². The standard InChI is InChI=1S/C13H24O2.C5H8/c1-2-3-4-5-6-7-8-9-10-11-12-13(14)15;1-2-4-5-3-1/h11-12H,2-10H2,1H3,(H,14,15);1-2H,3-5H2. The van der Waals surface area contributed by atoms with Gasteiger partial charge in [-0.05, 0) is 32.1 Å². The SMILES string of the molecule is C1=CCCC1.CCCCCCCCCCC=CC(=O)O. The van der Waals surface area contributed by atoms with Crippen LogP contribution in [0.1, 0.15) is 84.0 Å². The summed E-state index contributed by atoms with van der Waals surface area (Å²) in [6, 6.07) is 0. The predicted molar refractivity (Wildman–Crippen MR) is 87.0 cm³/mol. The van der Waals surface area contributed by atoms with Crippen LogP contribution in [0.15, 0.2) is 24.3 Å². The molecule has 0 heterocycles. The minimum absolute atomic E-state index is 0.838. The van der Waals surface area contributed by atoms with E-state index in [0.717, 1.165) is 12.8 Å². The summed E-state index contributed by atoms with van der Waals surface area (Å²) < 4.78 is 0. The first kappa shape index (κ1) is 18.9. The van der Waals surface area contributed by atoms with Gasteiger partial charge in [-0.3, -0.25) is 0 Å². The van der Waals surface area contributed by atoms with E-state index >= 15 is 0 Å². The van der Waals surface area contributed by atoms with Gasteiger partial charge < -0.3 is 5.11 Å². The minimum atomic E-state index is -0.838. The van der Waals surface area contributed by atoms with Crippen molar-refractivity contribution in [1.29, 1.82) is 0 Å². The van der Waals surface area contributed by atoms with E-state index in [0.29, 0.717) is 0 Å². The maximum atomic E-state index is 10.1. The number of aliphatic carboxylic acids is 1. The molecule has 0 radical (unpaired) electrons. The molecule has 1 N–H and O–H groups in total. The van der Waals surface area contributed by atoms with Gasteiger partial charge in [0.2, 0.25) is 0 Å². The molecule has 0 aliphatic heterocycles. The van der Waals surface area contributed by atoms with Gasteiger partial charge in [0.15, 0.2) is 0 Å². The van der Waals surface area contributed by atoms with Crippen LogP contribution in [0.4, 0.5) is 0 Å². The van der Waals surface area contributed by atoms with Crippen LogP contribution in [0.3, 0.4) is 0 Å². The highest BCUT2D eigenvalue weighted by atomic mass is 16.4. The molecule has 0 bridgehead atoms. The predicted octanol–water partition coefficient (Wildman–Crippen LogP) is 5.88. The number of carboxylic acids is 1. The van der Waals surface area contributed by atoms with Crippen LogP contribution in [0.25, 0.3) is 0 Å². The van der Waals surface area contributed by atoms with Crippen LogP contribution in [0, 0.1) is 0 Å². The van der Waals surface area contributed by atoms with Crippen molar-refractivity contribution < 1.29 is 9.90 Å². The minimum Gasteiger partial charge on any atom is -0.478 e. The lowest BCUT2D eigenvalue weighted by atomic mass is 10.1. The monoisotopic (exact) mass is 280 g/mol. The molecular weight excluding hydrogens is 248 g/mol. The van der Waals surface area contributed by atoms with Crippen LogP contribution in [0.5, 0.6) is 0 Å². The third kappa shape index (κ3) is 16.9. The third-order valence-electron chi connectivity index (χ3n) is 3.39. The summed E-state index contributed by atoms with van der Waals surface area (Å²) in [6.07, 6.45) is 22.8. The molecule has 0 saturated carbocycles. The third-order valence-corrected chi connectivity index (χ3v) is 3.39. The Hall–Kier alpha value is -1.05. The summed E-state index contributed by atoms with van der Waals surface area (Å²) in [5.41, 5.74) is 0. The van der Waals surface area contributed by atoms with E-state index in [1.165, 1.54) is 70.3 Å². The van der Waals surface area contributed by atoms with E-state index in [1.54, 1.807) is 6.08 Å². The molecule has 1 rings (SSSR count). The average molecular weight is 280 g/mol. The van der Waals surface area contributed by atoms with Gasteiger partial charge in [0, 0.05) is 6.08 Å². The number of hydrogen-bond donors (Lipinski definition) is 1. The van der Waals surface area contributed by atoms with Crippen molar-refractivity contribution >= 4 is 5.97 Å². The fourth-order valence-electron chi connectivity index (χ4n) is 2.17. The Morgan fingerprint density at radius 3 is 2.00 bits per heavy atom. The molecule has 116 valence electrons. The maximum Gasteiger partial charge on any atom is 0.327 e. The molecule has 0 aromatic carbocycles. The molecule has 0 saturated heterocycles. The van der Waals surface area contributed by atoms with Crippen molar-refractivity contribution in [1.82, 2.24) is 0 Å². The van der Waals surface area contributed by atoms with Gasteiger partial charge in [-0.25, -0.2) is 4.79 Å². The van der Waals surface area contributed by atoms with Crippen molar-refractivity contribution in [3.63, 3.8) is 0 Å². The number of carboxylic acid groups (broad SMARTS) is 1. The topological polar surface area (TPSA) is 37.3 Å². The van der Waals surface area contributed by atoms with Crippen molar-refractivity contribution in [3.8, 4) is 0 Å².